The number of nitrogens with zero attached hydrogens (tertiary/aromatic N) is 1. The van der Waals surface area contributed by atoms with Gasteiger partial charge in [-0.2, -0.15) is 13.2 Å². The summed E-state index contributed by atoms with van der Waals surface area (Å²) in [7, 11) is 0. The van der Waals surface area contributed by atoms with E-state index in [2.05, 4.69) is 5.43 Å². The van der Waals surface area contributed by atoms with Gasteiger partial charge in [0.2, 0.25) is 0 Å². The third-order valence-corrected chi connectivity index (χ3v) is 3.05. The molecule has 5 heteroatoms. The molecule has 0 saturated heterocycles. The van der Waals surface area contributed by atoms with E-state index in [1.54, 1.807) is 36.4 Å². The highest BCUT2D eigenvalue weighted by Crippen LogP contribution is 2.21. The van der Waals surface area contributed by atoms with Crippen LogP contribution in [0.25, 0.3) is 0 Å². The largest absolute Gasteiger partial charge is 0.473 e. The number of alkyl halides is 3. The van der Waals surface area contributed by atoms with E-state index in [0.717, 1.165) is 11.1 Å². The number of rotatable bonds is 5. The van der Waals surface area contributed by atoms with E-state index in [4.69, 9.17) is 0 Å². The van der Waals surface area contributed by atoms with E-state index in [1.165, 1.54) is 0 Å². The van der Waals surface area contributed by atoms with Crippen LogP contribution < -0.4 is 5.43 Å². The molecule has 0 spiro atoms. The Kier molecular flexibility index (Phi) is 4.98. The van der Waals surface area contributed by atoms with Crippen molar-refractivity contribution in [1.29, 1.82) is 0 Å². The molecular formula is C16H17F3N2. The van der Waals surface area contributed by atoms with Gasteiger partial charge >= 0.3 is 6.30 Å². The highest BCUT2D eigenvalue weighted by atomic mass is 19.4. The summed E-state index contributed by atoms with van der Waals surface area (Å²) in [6, 6.07) is 16.0. The molecule has 21 heavy (non-hydrogen) atoms. The van der Waals surface area contributed by atoms with Gasteiger partial charge in [-0.25, -0.2) is 5.43 Å². The van der Waals surface area contributed by atoms with Gasteiger partial charge < -0.3 is 0 Å². The predicted molar refractivity (Wildman–Crippen MR) is 76.1 cm³/mol. The minimum atomic E-state index is -4.43. The van der Waals surface area contributed by atoms with E-state index in [0.29, 0.717) is 10.6 Å². The number of hydrogen-bond donors (Lipinski definition) is 1. The summed E-state index contributed by atoms with van der Waals surface area (Å²) in [6.07, 6.45) is -4.43. The van der Waals surface area contributed by atoms with E-state index < -0.39 is 6.30 Å². The summed E-state index contributed by atoms with van der Waals surface area (Å²) in [5.74, 6) is 0. The first-order valence-corrected chi connectivity index (χ1v) is 6.62. The van der Waals surface area contributed by atoms with Crippen molar-refractivity contribution in [2.45, 2.75) is 26.3 Å². The lowest BCUT2D eigenvalue weighted by molar-refractivity contribution is -0.269. The molecule has 0 aliphatic heterocycles. The average Bonchev–Trinajstić information content (AvgIpc) is 2.43. The normalized spacial score (nSPS) is 11.9. The highest BCUT2D eigenvalue weighted by Gasteiger charge is 2.37. The molecule has 2 nitrogen and oxygen atoms in total. The van der Waals surface area contributed by atoms with Crippen LogP contribution in [0.2, 0.25) is 0 Å². The molecule has 0 atom stereocenters. The van der Waals surface area contributed by atoms with Gasteiger partial charge in [-0.3, -0.25) is 0 Å². The first-order valence-electron chi connectivity index (χ1n) is 6.62. The van der Waals surface area contributed by atoms with Gasteiger partial charge in [-0.1, -0.05) is 60.2 Å². The molecule has 1 N–H and O–H groups in total. The van der Waals surface area contributed by atoms with Gasteiger partial charge in [0, 0.05) is 13.1 Å². The number of benzene rings is 2. The summed E-state index contributed by atoms with van der Waals surface area (Å²) in [6.45, 7) is 1.82. The zero-order valence-electron chi connectivity index (χ0n) is 11.7. The lowest BCUT2D eigenvalue weighted by atomic mass is 10.1. The molecule has 0 aromatic heterocycles. The van der Waals surface area contributed by atoms with Crippen molar-refractivity contribution in [2.24, 2.45) is 0 Å². The van der Waals surface area contributed by atoms with E-state index >= 15 is 0 Å². The second-order valence-electron chi connectivity index (χ2n) is 4.86. The third-order valence-electron chi connectivity index (χ3n) is 3.05. The Balaban J connectivity index is 2.04. The maximum Gasteiger partial charge on any atom is 0.473 e. The molecule has 2 aromatic carbocycles. The molecule has 0 heterocycles. The Bertz CT molecular complexity index is 567. The van der Waals surface area contributed by atoms with Crippen LogP contribution in [0.1, 0.15) is 16.7 Å². The zero-order chi connectivity index (χ0) is 15.3. The predicted octanol–water partition coefficient (Wildman–Crippen LogP) is 4.02. The molecule has 0 aliphatic carbocycles. The summed E-state index contributed by atoms with van der Waals surface area (Å²) in [5, 5.41) is 0.310. The van der Waals surface area contributed by atoms with Crippen molar-refractivity contribution < 1.29 is 13.2 Å². The van der Waals surface area contributed by atoms with Crippen LogP contribution in [-0.2, 0) is 13.1 Å². The first kappa shape index (κ1) is 15.5. The van der Waals surface area contributed by atoms with Crippen molar-refractivity contribution >= 4 is 0 Å². The molecule has 2 rings (SSSR count). The molecule has 112 valence electrons. The molecule has 2 aromatic rings. The Hall–Kier alpha value is -1.85. The van der Waals surface area contributed by atoms with Gasteiger partial charge in [0.1, 0.15) is 0 Å². The van der Waals surface area contributed by atoms with Gasteiger partial charge in [-0.15, -0.1) is 5.01 Å². The molecule has 0 fully saturated rings. The Morgan fingerprint density at radius 2 is 1.62 bits per heavy atom. The maximum absolute atomic E-state index is 13.1. The number of hydrazine groups is 1. The standard InChI is InChI=1S/C16H17F3N2/c1-13-6-5-9-15(10-13)11-20-21(16(17,18)19)12-14-7-3-2-4-8-14/h2-10,20H,11-12H2,1H3. The topological polar surface area (TPSA) is 15.3 Å². The fourth-order valence-corrected chi connectivity index (χ4v) is 2.01. The van der Waals surface area contributed by atoms with Crippen LogP contribution in [0, 0.1) is 6.92 Å². The molecule has 0 amide bonds. The van der Waals surface area contributed by atoms with Crippen molar-refractivity contribution in [3.8, 4) is 0 Å². The zero-order valence-corrected chi connectivity index (χ0v) is 11.7. The van der Waals surface area contributed by atoms with Gasteiger partial charge in [0.15, 0.2) is 0 Å². The minimum Gasteiger partial charge on any atom is -0.243 e. The lowest BCUT2D eigenvalue weighted by Crippen LogP contribution is -2.47. The summed E-state index contributed by atoms with van der Waals surface area (Å²) >= 11 is 0. The average molecular weight is 294 g/mol. The van der Waals surface area contributed by atoms with Crippen molar-refractivity contribution in [1.82, 2.24) is 10.4 Å². The third kappa shape index (κ3) is 4.88. The second-order valence-corrected chi connectivity index (χ2v) is 4.86. The molecule has 0 saturated carbocycles. The highest BCUT2D eigenvalue weighted by molar-refractivity contribution is 5.22. The smallest absolute Gasteiger partial charge is 0.243 e. The fraction of sp³-hybridized carbons (Fsp3) is 0.250. The second kappa shape index (κ2) is 6.74. The Labute approximate surface area is 122 Å². The first-order chi connectivity index (χ1) is 9.95. The number of aryl methyl sites for hydroxylation is 1. The van der Waals surface area contributed by atoms with Crippen molar-refractivity contribution in [3.63, 3.8) is 0 Å². The van der Waals surface area contributed by atoms with Crippen molar-refractivity contribution in [2.75, 3.05) is 0 Å². The summed E-state index contributed by atoms with van der Waals surface area (Å²) in [4.78, 5) is 0. The van der Waals surface area contributed by atoms with Crippen LogP contribution >= 0.6 is 0 Å². The number of halogens is 3. The van der Waals surface area contributed by atoms with Crippen LogP contribution in [0.3, 0.4) is 0 Å². The van der Waals surface area contributed by atoms with E-state index in [-0.39, 0.29) is 13.1 Å². The SMILES string of the molecule is Cc1cccc(CNN(Cc2ccccc2)C(F)(F)F)c1. The quantitative estimate of drug-likeness (QED) is 0.662. The van der Waals surface area contributed by atoms with E-state index in [1.807, 2.05) is 25.1 Å². The van der Waals surface area contributed by atoms with Crippen LogP contribution in [-0.4, -0.2) is 11.3 Å². The molecular weight excluding hydrogens is 277 g/mol. The maximum atomic E-state index is 13.1. The van der Waals surface area contributed by atoms with Crippen molar-refractivity contribution in [3.05, 3.63) is 71.3 Å². The fourth-order valence-electron chi connectivity index (χ4n) is 2.01. The monoisotopic (exact) mass is 294 g/mol. The lowest BCUT2D eigenvalue weighted by Gasteiger charge is -2.25. The van der Waals surface area contributed by atoms with Crippen LogP contribution in [0.15, 0.2) is 54.6 Å². The van der Waals surface area contributed by atoms with Crippen LogP contribution in [0.5, 0.6) is 0 Å². The summed E-state index contributed by atoms with van der Waals surface area (Å²) in [5.41, 5.74) is 4.90. The molecule has 0 bridgehead atoms. The minimum absolute atomic E-state index is 0.133. The van der Waals surface area contributed by atoms with E-state index in [9.17, 15) is 13.2 Å². The molecule has 0 unspecified atom stereocenters. The van der Waals surface area contributed by atoms with Gasteiger partial charge in [0.05, 0.1) is 0 Å². The van der Waals surface area contributed by atoms with Crippen LogP contribution in [0.4, 0.5) is 13.2 Å². The summed E-state index contributed by atoms with van der Waals surface area (Å²) < 4.78 is 39.2. The number of nitrogens with one attached hydrogen (secondary N) is 1. The van der Waals surface area contributed by atoms with Gasteiger partial charge in [0.25, 0.3) is 0 Å². The number of hydrogen-bond acceptors (Lipinski definition) is 2. The van der Waals surface area contributed by atoms with Gasteiger partial charge in [-0.05, 0) is 18.1 Å². The Morgan fingerprint density at radius 1 is 0.952 bits per heavy atom. The Morgan fingerprint density at radius 3 is 2.24 bits per heavy atom. The molecule has 0 radical (unpaired) electrons. The molecule has 0 aliphatic rings.